The predicted octanol–water partition coefficient (Wildman–Crippen LogP) is 1.68. The van der Waals surface area contributed by atoms with Crippen LogP contribution in [0.5, 0.6) is 0 Å². The molecule has 4 N–H and O–H groups in total. The lowest BCUT2D eigenvalue weighted by Gasteiger charge is -2.31. The molecule has 0 spiro atoms. The van der Waals surface area contributed by atoms with Crippen molar-refractivity contribution in [3.63, 3.8) is 0 Å². The van der Waals surface area contributed by atoms with Crippen molar-refractivity contribution in [1.29, 1.82) is 0 Å². The van der Waals surface area contributed by atoms with Crippen molar-refractivity contribution < 1.29 is 14.3 Å². The fourth-order valence-electron chi connectivity index (χ4n) is 2.49. The summed E-state index contributed by atoms with van der Waals surface area (Å²) in [4.78, 5) is 24.6. The molecular formula is C16H20ClN3O3. The second kappa shape index (κ2) is 6.47. The van der Waals surface area contributed by atoms with E-state index in [0.29, 0.717) is 42.3 Å². The first-order valence-corrected chi connectivity index (χ1v) is 8.14. The van der Waals surface area contributed by atoms with Crippen LogP contribution in [0.25, 0.3) is 0 Å². The largest absolute Gasteiger partial charge is 0.381 e. The Hall–Kier alpha value is -1.63. The van der Waals surface area contributed by atoms with Gasteiger partial charge in [0.05, 0.1) is 10.6 Å². The van der Waals surface area contributed by atoms with Crippen molar-refractivity contribution in [2.24, 2.45) is 5.73 Å². The Morgan fingerprint density at radius 1 is 1.26 bits per heavy atom. The van der Waals surface area contributed by atoms with Gasteiger partial charge >= 0.3 is 0 Å². The highest BCUT2D eigenvalue weighted by atomic mass is 35.5. The fourth-order valence-corrected chi connectivity index (χ4v) is 2.69. The number of carbonyl (C=O) groups excluding carboxylic acids is 2. The second-order valence-corrected chi connectivity index (χ2v) is 6.57. The molecule has 6 nitrogen and oxygen atoms in total. The Morgan fingerprint density at radius 3 is 2.61 bits per heavy atom. The Morgan fingerprint density at radius 2 is 1.96 bits per heavy atom. The van der Waals surface area contributed by atoms with Crippen molar-refractivity contribution in [2.45, 2.75) is 37.3 Å². The van der Waals surface area contributed by atoms with Crippen molar-refractivity contribution in [1.82, 2.24) is 5.32 Å². The topological polar surface area (TPSA) is 93.5 Å². The number of nitrogens with two attached hydrogens (primary N) is 1. The molecule has 3 rings (SSSR count). The normalized spacial score (nSPS) is 19.9. The highest BCUT2D eigenvalue weighted by Gasteiger charge is 2.36. The van der Waals surface area contributed by atoms with Gasteiger partial charge in [0.2, 0.25) is 5.91 Å². The number of ether oxygens (including phenoxy) is 1. The molecule has 0 radical (unpaired) electrons. The molecule has 1 aromatic rings. The van der Waals surface area contributed by atoms with Gasteiger partial charge in [0, 0.05) is 24.9 Å². The highest BCUT2D eigenvalue weighted by Crippen LogP contribution is 2.25. The van der Waals surface area contributed by atoms with E-state index in [-0.39, 0.29) is 17.9 Å². The molecule has 1 heterocycles. The van der Waals surface area contributed by atoms with Gasteiger partial charge in [0.25, 0.3) is 5.91 Å². The lowest BCUT2D eigenvalue weighted by molar-refractivity contribution is -0.124. The van der Waals surface area contributed by atoms with E-state index >= 15 is 0 Å². The molecule has 1 aromatic carbocycles. The van der Waals surface area contributed by atoms with Crippen molar-refractivity contribution >= 4 is 29.1 Å². The molecule has 0 atom stereocenters. The average Bonchev–Trinajstić information content (AvgIpc) is 3.33. The molecule has 1 saturated carbocycles. The van der Waals surface area contributed by atoms with Gasteiger partial charge in [0.1, 0.15) is 5.54 Å². The van der Waals surface area contributed by atoms with E-state index in [1.807, 2.05) is 0 Å². The quantitative estimate of drug-likeness (QED) is 0.779. The molecule has 1 saturated heterocycles. The van der Waals surface area contributed by atoms with E-state index in [9.17, 15) is 9.59 Å². The summed E-state index contributed by atoms with van der Waals surface area (Å²) in [6.07, 6.45) is 2.94. The van der Waals surface area contributed by atoms with Gasteiger partial charge < -0.3 is 21.1 Å². The van der Waals surface area contributed by atoms with Crippen LogP contribution in [0.2, 0.25) is 5.02 Å². The van der Waals surface area contributed by atoms with E-state index < -0.39 is 5.54 Å². The molecule has 1 aliphatic heterocycles. The predicted molar refractivity (Wildman–Crippen MR) is 87.5 cm³/mol. The summed E-state index contributed by atoms with van der Waals surface area (Å²) < 4.78 is 5.24. The molecule has 0 bridgehead atoms. The van der Waals surface area contributed by atoms with Crippen molar-refractivity contribution in [3.8, 4) is 0 Å². The Kier molecular flexibility index (Phi) is 4.57. The number of hydrogen-bond donors (Lipinski definition) is 3. The molecule has 0 unspecified atom stereocenters. The number of rotatable bonds is 4. The van der Waals surface area contributed by atoms with Gasteiger partial charge in [-0.1, -0.05) is 11.6 Å². The minimum absolute atomic E-state index is 0.220. The highest BCUT2D eigenvalue weighted by molar-refractivity contribution is 6.34. The van der Waals surface area contributed by atoms with Crippen LogP contribution in [0.4, 0.5) is 5.69 Å². The maximum absolute atomic E-state index is 12.4. The third-order valence-corrected chi connectivity index (χ3v) is 4.55. The summed E-state index contributed by atoms with van der Waals surface area (Å²) in [7, 11) is 0. The number of nitrogens with one attached hydrogen (secondary N) is 2. The molecular weight excluding hydrogens is 318 g/mol. The molecule has 2 fully saturated rings. The zero-order chi connectivity index (χ0) is 16.4. The summed E-state index contributed by atoms with van der Waals surface area (Å²) in [6, 6.07) is 5.09. The number of benzene rings is 1. The van der Waals surface area contributed by atoms with Gasteiger partial charge in [0.15, 0.2) is 0 Å². The van der Waals surface area contributed by atoms with Crippen LogP contribution < -0.4 is 16.4 Å². The van der Waals surface area contributed by atoms with E-state index in [1.165, 1.54) is 0 Å². The minimum atomic E-state index is -0.936. The molecule has 7 heteroatoms. The van der Waals surface area contributed by atoms with Crippen LogP contribution in [-0.4, -0.2) is 36.6 Å². The molecule has 124 valence electrons. The molecule has 2 amide bonds. The zero-order valence-corrected chi connectivity index (χ0v) is 13.5. The lowest BCUT2D eigenvalue weighted by atomic mass is 9.90. The smallest absolute Gasteiger partial charge is 0.253 e. The standard InChI is InChI=1S/C16H20ClN3O3/c17-13-4-3-11(9-12(13)14(21)19-10-1-2-10)20-15(22)16(18)5-7-23-8-6-16/h3-4,9-10H,1-2,5-8,18H2,(H,19,21)(H,20,22). The third kappa shape index (κ3) is 3.83. The van der Waals surface area contributed by atoms with E-state index in [1.54, 1.807) is 18.2 Å². The second-order valence-electron chi connectivity index (χ2n) is 6.16. The maximum atomic E-state index is 12.4. The first-order chi connectivity index (χ1) is 11.0. The Balaban J connectivity index is 1.72. The van der Waals surface area contributed by atoms with Crippen LogP contribution in [0.15, 0.2) is 18.2 Å². The van der Waals surface area contributed by atoms with Gasteiger partial charge in [-0.3, -0.25) is 9.59 Å². The summed E-state index contributed by atoms with van der Waals surface area (Å²) >= 11 is 6.09. The maximum Gasteiger partial charge on any atom is 0.253 e. The Bertz CT molecular complexity index is 625. The SMILES string of the molecule is NC1(C(=O)Nc2ccc(Cl)c(C(=O)NC3CC3)c2)CCOCC1. The van der Waals surface area contributed by atoms with Gasteiger partial charge in [-0.15, -0.1) is 0 Å². The number of halogens is 1. The summed E-state index contributed by atoms with van der Waals surface area (Å²) in [5.74, 6) is -0.487. The van der Waals surface area contributed by atoms with Gasteiger partial charge in [-0.05, 0) is 43.9 Å². The van der Waals surface area contributed by atoms with Gasteiger partial charge in [-0.2, -0.15) is 0 Å². The van der Waals surface area contributed by atoms with E-state index in [0.717, 1.165) is 12.8 Å². The fraction of sp³-hybridized carbons (Fsp3) is 0.500. The molecule has 23 heavy (non-hydrogen) atoms. The average molecular weight is 338 g/mol. The van der Waals surface area contributed by atoms with Crippen LogP contribution in [0, 0.1) is 0 Å². The minimum Gasteiger partial charge on any atom is -0.381 e. The first-order valence-electron chi connectivity index (χ1n) is 7.76. The molecule has 0 aromatic heterocycles. The van der Waals surface area contributed by atoms with Crippen LogP contribution in [-0.2, 0) is 9.53 Å². The summed E-state index contributed by atoms with van der Waals surface area (Å²) in [6.45, 7) is 0.944. The van der Waals surface area contributed by atoms with Crippen LogP contribution >= 0.6 is 11.6 Å². The monoisotopic (exact) mass is 337 g/mol. The third-order valence-electron chi connectivity index (χ3n) is 4.22. The van der Waals surface area contributed by atoms with E-state index in [4.69, 9.17) is 22.1 Å². The van der Waals surface area contributed by atoms with E-state index in [2.05, 4.69) is 10.6 Å². The summed E-state index contributed by atoms with van der Waals surface area (Å²) in [5, 5.41) is 6.03. The van der Waals surface area contributed by atoms with Crippen LogP contribution in [0.1, 0.15) is 36.0 Å². The number of hydrogen-bond acceptors (Lipinski definition) is 4. The Labute approximate surface area is 139 Å². The molecule has 2 aliphatic rings. The summed E-state index contributed by atoms with van der Waals surface area (Å²) in [5.41, 5.74) is 6.09. The number of anilines is 1. The van der Waals surface area contributed by atoms with Crippen molar-refractivity contribution in [2.75, 3.05) is 18.5 Å². The first kappa shape index (κ1) is 16.2. The van der Waals surface area contributed by atoms with Gasteiger partial charge in [-0.25, -0.2) is 0 Å². The van der Waals surface area contributed by atoms with Crippen molar-refractivity contribution in [3.05, 3.63) is 28.8 Å². The lowest BCUT2D eigenvalue weighted by Crippen LogP contribution is -2.54. The zero-order valence-electron chi connectivity index (χ0n) is 12.7. The number of carbonyl (C=O) groups is 2. The van der Waals surface area contributed by atoms with Crippen LogP contribution in [0.3, 0.4) is 0 Å². The molecule has 1 aliphatic carbocycles. The number of amides is 2.